The third-order valence-electron chi connectivity index (χ3n) is 13.1. The predicted molar refractivity (Wildman–Crippen MR) is 309 cm³/mol. The highest BCUT2D eigenvalue weighted by atomic mass is 16.4. The molecule has 0 saturated heterocycles. The molecule has 0 aliphatic rings. The van der Waals surface area contributed by atoms with Crippen molar-refractivity contribution in [2.45, 2.75) is 165 Å². The zero-order valence-electron chi connectivity index (χ0n) is 48.6. The van der Waals surface area contributed by atoms with Gasteiger partial charge in [0.15, 0.2) is 0 Å². The zero-order chi connectivity index (χ0) is 65.2. The van der Waals surface area contributed by atoms with E-state index in [4.69, 9.17) is 22.9 Å². The molecule has 21 N–H and O–H groups in total. The first-order chi connectivity index (χ1) is 41.1. The number of nitrogens with one attached hydrogen (secondary N) is 9. The number of carbonyl (C=O) groups excluding carboxylic acids is 10. The van der Waals surface area contributed by atoms with Crippen LogP contribution in [0.25, 0.3) is 0 Å². The normalized spacial score (nSPS) is 14.0. The number of unbranched alkanes of at least 4 members (excludes halogenated alkanes) is 2. The Hall–Kier alpha value is -9.10. The third kappa shape index (κ3) is 30.0. The van der Waals surface area contributed by atoms with E-state index in [1.807, 2.05) is 0 Å². The van der Waals surface area contributed by atoms with E-state index in [0.29, 0.717) is 31.2 Å². The molecule has 0 aliphatic carbocycles. The van der Waals surface area contributed by atoms with Crippen LogP contribution < -0.4 is 70.8 Å². The van der Waals surface area contributed by atoms with Crippen molar-refractivity contribution in [1.29, 1.82) is 0 Å². The smallest absolute Gasteiger partial charge is 0.326 e. The lowest BCUT2D eigenvalue weighted by molar-refractivity contribution is -0.143. The maximum absolute atomic E-state index is 14.0. The lowest BCUT2D eigenvalue weighted by Gasteiger charge is -2.27. The molecule has 87 heavy (non-hydrogen) atoms. The van der Waals surface area contributed by atoms with Crippen molar-refractivity contribution in [3.8, 4) is 0 Å². The minimum absolute atomic E-state index is 0.0192. The molecule has 0 radical (unpaired) electrons. The Bertz CT molecular complexity index is 2670. The Balaban J connectivity index is 2.34. The lowest BCUT2D eigenvalue weighted by atomic mass is 10.0. The van der Waals surface area contributed by atoms with Crippen LogP contribution in [0.3, 0.4) is 0 Å². The largest absolute Gasteiger partial charge is 0.481 e. The van der Waals surface area contributed by atoms with E-state index in [1.54, 1.807) is 74.5 Å². The number of primary amides is 1. The van der Waals surface area contributed by atoms with Gasteiger partial charge in [-0.3, -0.25) is 62.3 Å². The quantitative estimate of drug-likeness (QED) is 0.0284. The zero-order valence-corrected chi connectivity index (χ0v) is 48.6. The van der Waals surface area contributed by atoms with Crippen LogP contribution in [0.1, 0.15) is 108 Å². The molecule has 0 unspecified atom stereocenters. The molecule has 0 spiro atoms. The summed E-state index contributed by atoms with van der Waals surface area (Å²) in [4.78, 5) is 183. The first-order valence-corrected chi connectivity index (χ1v) is 28.2. The van der Waals surface area contributed by atoms with Gasteiger partial charge in [0.2, 0.25) is 59.1 Å². The van der Waals surface area contributed by atoms with E-state index >= 15 is 0 Å². The second kappa shape index (κ2) is 39.5. The van der Waals surface area contributed by atoms with Gasteiger partial charge in [0, 0.05) is 19.3 Å². The van der Waals surface area contributed by atoms with Crippen molar-refractivity contribution in [3.63, 3.8) is 0 Å². The molecule has 2 aromatic rings. The highest BCUT2D eigenvalue weighted by molar-refractivity contribution is 5.99. The van der Waals surface area contributed by atoms with Crippen molar-refractivity contribution < 1.29 is 87.5 Å². The van der Waals surface area contributed by atoms with E-state index in [9.17, 15) is 87.5 Å². The number of carboxylic acids is 4. The van der Waals surface area contributed by atoms with Gasteiger partial charge in [0.25, 0.3) is 0 Å². The molecule has 0 heterocycles. The van der Waals surface area contributed by atoms with Crippen molar-refractivity contribution in [2.75, 3.05) is 19.6 Å². The second-order valence-electron chi connectivity index (χ2n) is 20.9. The molecule has 0 bridgehead atoms. The summed E-state index contributed by atoms with van der Waals surface area (Å²) in [6, 6.07) is 2.61. The highest BCUT2D eigenvalue weighted by Crippen LogP contribution is 2.12. The summed E-state index contributed by atoms with van der Waals surface area (Å²) < 4.78 is 0. The van der Waals surface area contributed by atoms with Gasteiger partial charge in [-0.2, -0.15) is 0 Å². The van der Waals surface area contributed by atoms with Gasteiger partial charge in [-0.25, -0.2) is 4.79 Å². The van der Waals surface area contributed by atoms with Crippen LogP contribution in [0.15, 0.2) is 60.7 Å². The fourth-order valence-corrected chi connectivity index (χ4v) is 8.55. The first kappa shape index (κ1) is 74.0. The number of carbonyl (C=O) groups is 14. The number of benzene rings is 2. The fourth-order valence-electron chi connectivity index (χ4n) is 8.55. The van der Waals surface area contributed by atoms with Gasteiger partial charge < -0.3 is 91.2 Å². The molecule has 2 rings (SSSR count). The summed E-state index contributed by atoms with van der Waals surface area (Å²) in [5.41, 5.74) is 24.0. The summed E-state index contributed by atoms with van der Waals surface area (Å²) in [7, 11) is 0. The Morgan fingerprint density at radius 2 is 0.816 bits per heavy atom. The number of nitrogens with two attached hydrogens (primary N) is 4. The molecule has 0 saturated carbocycles. The van der Waals surface area contributed by atoms with Crippen LogP contribution in [0.5, 0.6) is 0 Å². The van der Waals surface area contributed by atoms with Crippen LogP contribution in [0.2, 0.25) is 0 Å². The minimum Gasteiger partial charge on any atom is -0.481 e. The van der Waals surface area contributed by atoms with Gasteiger partial charge >= 0.3 is 23.9 Å². The van der Waals surface area contributed by atoms with Crippen molar-refractivity contribution in [2.24, 2.45) is 28.9 Å². The van der Waals surface area contributed by atoms with Crippen molar-refractivity contribution in [3.05, 3.63) is 71.8 Å². The van der Waals surface area contributed by atoms with Crippen molar-refractivity contribution in [1.82, 2.24) is 47.9 Å². The first-order valence-electron chi connectivity index (χ1n) is 28.2. The number of carboxylic acid groups (broad SMARTS) is 4. The fraction of sp³-hybridized carbons (Fsp3) is 0.536. The highest BCUT2D eigenvalue weighted by Gasteiger charge is 2.36. The van der Waals surface area contributed by atoms with Crippen LogP contribution in [0, 0.1) is 5.92 Å². The monoisotopic (exact) mass is 1230 g/mol. The SMILES string of the molecule is CC(C)C[C@H](NC(=O)[C@H](CC(=O)O)NC(=O)[C@H](CCCCN)NC(=O)[C@@H](N)Cc1ccccc1)C(=O)NCC(=O)N[C@@H](CCC(=O)O)C(=O)N[C@@H](CCC(=O)O)C(=O)N[C@@H](CC(N)=O)C(=O)N[C@@H](Cc1ccccc1)C(=O)N[C@@H](CCCCN)C(=O)O. The number of rotatable bonds is 43. The van der Waals surface area contributed by atoms with E-state index < -0.39 is 182 Å². The van der Waals surface area contributed by atoms with E-state index in [1.165, 1.54) is 0 Å². The Morgan fingerprint density at radius 1 is 0.425 bits per heavy atom. The molecule has 31 nitrogen and oxygen atoms in total. The van der Waals surface area contributed by atoms with Crippen LogP contribution in [-0.2, 0) is 80.0 Å². The Labute approximate surface area is 501 Å². The minimum atomic E-state index is -1.92. The molecule has 0 aromatic heterocycles. The van der Waals surface area contributed by atoms with Crippen LogP contribution in [-0.4, -0.2) is 177 Å². The van der Waals surface area contributed by atoms with E-state index in [-0.39, 0.29) is 51.1 Å². The second-order valence-corrected chi connectivity index (χ2v) is 20.9. The molecule has 0 aliphatic heterocycles. The van der Waals surface area contributed by atoms with Crippen molar-refractivity contribution >= 4 is 82.9 Å². The van der Waals surface area contributed by atoms with E-state index in [0.717, 1.165) is 5.56 Å². The molecule has 2 aromatic carbocycles. The summed E-state index contributed by atoms with van der Waals surface area (Å²) in [5.74, 6) is -17.1. The van der Waals surface area contributed by atoms with Gasteiger partial charge in [0.05, 0.1) is 25.4 Å². The number of amides is 10. The molecule has 31 heteroatoms. The topological polar surface area (TPSA) is 532 Å². The maximum atomic E-state index is 14.0. The molecule has 9 atom stereocenters. The third-order valence-corrected chi connectivity index (χ3v) is 13.1. The number of hydrogen-bond donors (Lipinski definition) is 17. The van der Waals surface area contributed by atoms with E-state index in [2.05, 4.69) is 47.9 Å². The molecular formula is C56H83N13O18. The van der Waals surface area contributed by atoms with Gasteiger partial charge in [0.1, 0.15) is 48.3 Å². The predicted octanol–water partition coefficient (Wildman–Crippen LogP) is -3.74. The summed E-state index contributed by atoms with van der Waals surface area (Å²) in [6.07, 6.45) is -3.58. The van der Waals surface area contributed by atoms with Gasteiger partial charge in [-0.05, 0) is 94.3 Å². The average molecular weight is 1230 g/mol. The van der Waals surface area contributed by atoms with Gasteiger partial charge in [-0.1, -0.05) is 74.5 Å². The summed E-state index contributed by atoms with van der Waals surface area (Å²) in [5, 5.41) is 59.6. The molecule has 480 valence electrons. The summed E-state index contributed by atoms with van der Waals surface area (Å²) >= 11 is 0. The van der Waals surface area contributed by atoms with Crippen LogP contribution >= 0.6 is 0 Å². The molecule has 0 fully saturated rings. The van der Waals surface area contributed by atoms with Gasteiger partial charge in [-0.15, -0.1) is 0 Å². The standard InChI is InChI=1S/C56H83N13O18/c1-31(2)25-39(66-55(85)42(29-47(76)77)69-50(80)35(17-9-11-23-57)63-48(78)34(59)26-32-13-5-3-6-14-32)49(79)61-30-44(71)62-36(19-21-45(72)73)51(81)64-37(20-22-46(74)75)52(82)68-41(28-43(60)70)54(84)67-40(27-33-15-7-4-8-16-33)53(83)65-38(56(86)87)18-10-12-24-58/h3-8,13-16,31,34-42H,9-12,17-30,57-59H2,1-2H3,(H2,60,70)(H,61,79)(H,62,71)(H,63,78)(H,64,81)(H,65,83)(H,66,85)(H,67,84)(H,68,82)(H,69,80)(H,72,73)(H,74,75)(H,76,77)(H,86,87)/t34-,35-,36-,37-,38-,39-,40-,41-,42-/m0/s1. The van der Waals surface area contributed by atoms with Crippen LogP contribution in [0.4, 0.5) is 0 Å². The Kier molecular flexibility index (Phi) is 33.6. The number of hydrogen-bond acceptors (Lipinski definition) is 17. The Morgan fingerprint density at radius 3 is 1.28 bits per heavy atom. The molecule has 10 amide bonds. The average Bonchev–Trinajstić information content (AvgIpc) is 3.62. The maximum Gasteiger partial charge on any atom is 0.326 e. The summed E-state index contributed by atoms with van der Waals surface area (Å²) in [6.45, 7) is 2.86. The lowest BCUT2D eigenvalue weighted by Crippen LogP contribution is -2.60. The number of aliphatic carboxylic acids is 4. The molecular weight excluding hydrogens is 1140 g/mol.